The zero-order chi connectivity index (χ0) is 15.6. The fourth-order valence-corrected chi connectivity index (χ4v) is 2.46. The highest BCUT2D eigenvalue weighted by atomic mass is 19.2. The molecule has 0 spiro atoms. The molecule has 2 rings (SSSR count). The van der Waals surface area contributed by atoms with Gasteiger partial charge in [0, 0.05) is 6.07 Å². The zero-order valence-corrected chi connectivity index (χ0v) is 11.5. The fourth-order valence-electron chi connectivity index (χ4n) is 2.46. The van der Waals surface area contributed by atoms with Gasteiger partial charge in [-0.2, -0.15) is 0 Å². The van der Waals surface area contributed by atoms with Crippen molar-refractivity contribution in [3.05, 3.63) is 29.3 Å². The van der Waals surface area contributed by atoms with E-state index in [-0.39, 0.29) is 6.07 Å². The van der Waals surface area contributed by atoms with E-state index in [4.69, 9.17) is 0 Å². The Morgan fingerprint density at radius 3 is 2.48 bits per heavy atom. The lowest BCUT2D eigenvalue weighted by Gasteiger charge is -2.28. The SMILES string of the molecule is CCC1CCNC(C(=O)Nc2c(F)c(F)cc(F)c2F)C1. The van der Waals surface area contributed by atoms with Crippen molar-refractivity contribution in [1.29, 1.82) is 0 Å². The second-order valence-electron chi connectivity index (χ2n) is 5.14. The first-order chi connectivity index (χ1) is 9.93. The number of hydrogen-bond donors (Lipinski definition) is 2. The van der Waals surface area contributed by atoms with E-state index < -0.39 is 40.9 Å². The van der Waals surface area contributed by atoms with E-state index in [9.17, 15) is 22.4 Å². The van der Waals surface area contributed by atoms with E-state index in [1.54, 1.807) is 0 Å². The molecule has 1 amide bonds. The van der Waals surface area contributed by atoms with Gasteiger partial charge in [-0.1, -0.05) is 13.3 Å². The van der Waals surface area contributed by atoms with Crippen LogP contribution in [0.5, 0.6) is 0 Å². The van der Waals surface area contributed by atoms with Crippen molar-refractivity contribution < 1.29 is 22.4 Å². The number of anilines is 1. The molecule has 21 heavy (non-hydrogen) atoms. The lowest BCUT2D eigenvalue weighted by atomic mass is 9.90. The van der Waals surface area contributed by atoms with E-state index >= 15 is 0 Å². The van der Waals surface area contributed by atoms with Crippen molar-refractivity contribution in [2.45, 2.75) is 32.2 Å². The Balaban J connectivity index is 2.16. The number of piperidine rings is 1. The van der Waals surface area contributed by atoms with E-state index in [1.165, 1.54) is 0 Å². The summed E-state index contributed by atoms with van der Waals surface area (Å²) in [5.74, 6) is -6.67. The number of rotatable bonds is 3. The maximum atomic E-state index is 13.5. The summed E-state index contributed by atoms with van der Waals surface area (Å²) in [5.41, 5.74) is -1.09. The molecule has 0 aliphatic carbocycles. The zero-order valence-electron chi connectivity index (χ0n) is 11.5. The number of halogens is 4. The van der Waals surface area contributed by atoms with Gasteiger partial charge in [0.25, 0.3) is 0 Å². The Hall–Kier alpha value is -1.63. The topological polar surface area (TPSA) is 41.1 Å². The molecule has 0 saturated carbocycles. The van der Waals surface area contributed by atoms with Gasteiger partial charge in [-0.15, -0.1) is 0 Å². The summed E-state index contributed by atoms with van der Waals surface area (Å²) in [6.45, 7) is 2.60. The third-order valence-electron chi connectivity index (χ3n) is 3.77. The minimum absolute atomic E-state index is 0.103. The summed E-state index contributed by atoms with van der Waals surface area (Å²) in [4.78, 5) is 12.0. The standard InChI is InChI=1S/C14H16F4N2O/c1-2-7-3-4-19-10(5-7)14(21)20-13-11(17)8(15)6-9(16)12(13)18/h6-7,10,19H,2-5H2,1H3,(H,20,21). The number of nitrogens with one attached hydrogen (secondary N) is 2. The third kappa shape index (κ3) is 3.34. The second kappa shape index (κ2) is 6.43. The highest BCUT2D eigenvalue weighted by molar-refractivity contribution is 5.95. The number of carbonyl (C=O) groups excluding carboxylic acids is 1. The predicted octanol–water partition coefficient (Wildman–Crippen LogP) is 2.96. The molecule has 1 saturated heterocycles. The molecule has 2 unspecified atom stereocenters. The lowest BCUT2D eigenvalue weighted by Crippen LogP contribution is -2.46. The monoisotopic (exact) mass is 304 g/mol. The molecular formula is C14H16F4N2O. The molecule has 7 heteroatoms. The maximum Gasteiger partial charge on any atom is 0.241 e. The average molecular weight is 304 g/mol. The first kappa shape index (κ1) is 15.8. The van der Waals surface area contributed by atoms with Crippen molar-refractivity contribution in [2.24, 2.45) is 5.92 Å². The Labute approximate surface area is 119 Å². The summed E-state index contributed by atoms with van der Waals surface area (Å²) in [5, 5.41) is 4.87. The van der Waals surface area contributed by atoms with Crippen molar-refractivity contribution in [3.63, 3.8) is 0 Å². The van der Waals surface area contributed by atoms with Gasteiger partial charge in [0.15, 0.2) is 23.3 Å². The van der Waals surface area contributed by atoms with Crippen LogP contribution >= 0.6 is 0 Å². The van der Waals surface area contributed by atoms with E-state index in [2.05, 4.69) is 5.32 Å². The van der Waals surface area contributed by atoms with E-state index in [0.717, 1.165) is 12.8 Å². The largest absolute Gasteiger partial charge is 0.320 e. The van der Waals surface area contributed by atoms with Gasteiger partial charge in [-0.3, -0.25) is 4.79 Å². The van der Waals surface area contributed by atoms with Gasteiger partial charge in [-0.05, 0) is 25.3 Å². The molecule has 0 bridgehead atoms. The molecule has 1 aliphatic heterocycles. The first-order valence-electron chi connectivity index (χ1n) is 6.81. The van der Waals surface area contributed by atoms with Crippen molar-refractivity contribution in [3.8, 4) is 0 Å². The summed E-state index contributed by atoms with van der Waals surface area (Å²) in [6, 6.07) is -0.527. The smallest absolute Gasteiger partial charge is 0.241 e. The van der Waals surface area contributed by atoms with Crippen LogP contribution in [0, 0.1) is 29.2 Å². The fraction of sp³-hybridized carbons (Fsp3) is 0.500. The van der Waals surface area contributed by atoms with Gasteiger partial charge < -0.3 is 10.6 Å². The maximum absolute atomic E-state index is 13.5. The van der Waals surface area contributed by atoms with E-state index in [1.807, 2.05) is 12.2 Å². The molecule has 0 aromatic heterocycles. The number of hydrogen-bond acceptors (Lipinski definition) is 2. The minimum atomic E-state index is -1.61. The summed E-state index contributed by atoms with van der Waals surface area (Å²) in [7, 11) is 0. The first-order valence-corrected chi connectivity index (χ1v) is 6.81. The van der Waals surface area contributed by atoms with Gasteiger partial charge in [-0.25, -0.2) is 17.6 Å². The van der Waals surface area contributed by atoms with Crippen LogP contribution in [0.1, 0.15) is 26.2 Å². The summed E-state index contributed by atoms with van der Waals surface area (Å²) in [6.07, 6.45) is 2.32. The van der Waals surface area contributed by atoms with Crippen LogP contribution in [0.25, 0.3) is 0 Å². The van der Waals surface area contributed by atoms with E-state index in [0.29, 0.717) is 18.9 Å². The van der Waals surface area contributed by atoms with Gasteiger partial charge >= 0.3 is 0 Å². The van der Waals surface area contributed by atoms with Gasteiger partial charge in [0.05, 0.1) is 6.04 Å². The van der Waals surface area contributed by atoms with Gasteiger partial charge in [0.1, 0.15) is 5.69 Å². The van der Waals surface area contributed by atoms with Crippen molar-refractivity contribution in [1.82, 2.24) is 5.32 Å². The Kier molecular flexibility index (Phi) is 4.82. The Morgan fingerprint density at radius 1 is 1.29 bits per heavy atom. The van der Waals surface area contributed by atoms with Crippen LogP contribution in [-0.4, -0.2) is 18.5 Å². The van der Waals surface area contributed by atoms with Crippen molar-refractivity contribution >= 4 is 11.6 Å². The van der Waals surface area contributed by atoms with Crippen LogP contribution in [0.4, 0.5) is 23.2 Å². The number of benzene rings is 1. The average Bonchev–Trinajstić information content (AvgIpc) is 2.49. The normalized spacial score (nSPS) is 22.1. The Morgan fingerprint density at radius 2 is 1.90 bits per heavy atom. The molecule has 0 radical (unpaired) electrons. The second-order valence-corrected chi connectivity index (χ2v) is 5.14. The quantitative estimate of drug-likeness (QED) is 0.666. The summed E-state index contributed by atoms with van der Waals surface area (Å²) >= 11 is 0. The molecule has 2 N–H and O–H groups in total. The van der Waals surface area contributed by atoms with Crippen LogP contribution in [0.3, 0.4) is 0 Å². The van der Waals surface area contributed by atoms with Crippen LogP contribution in [0.15, 0.2) is 6.07 Å². The van der Waals surface area contributed by atoms with Gasteiger partial charge in [0.2, 0.25) is 5.91 Å². The predicted molar refractivity (Wildman–Crippen MR) is 69.7 cm³/mol. The highest BCUT2D eigenvalue weighted by Gasteiger charge is 2.28. The molecule has 3 nitrogen and oxygen atoms in total. The lowest BCUT2D eigenvalue weighted by molar-refractivity contribution is -0.119. The third-order valence-corrected chi connectivity index (χ3v) is 3.77. The molecule has 1 aliphatic rings. The van der Waals surface area contributed by atoms with Crippen LogP contribution < -0.4 is 10.6 Å². The minimum Gasteiger partial charge on any atom is -0.320 e. The van der Waals surface area contributed by atoms with Crippen LogP contribution in [-0.2, 0) is 4.79 Å². The molecular weight excluding hydrogens is 288 g/mol. The molecule has 2 atom stereocenters. The Bertz CT molecular complexity index is 524. The highest BCUT2D eigenvalue weighted by Crippen LogP contribution is 2.25. The van der Waals surface area contributed by atoms with Crippen LogP contribution in [0.2, 0.25) is 0 Å². The molecule has 1 fully saturated rings. The molecule has 1 aromatic carbocycles. The summed E-state index contributed by atoms with van der Waals surface area (Å²) < 4.78 is 53.2. The van der Waals surface area contributed by atoms with Crippen molar-refractivity contribution in [2.75, 3.05) is 11.9 Å². The number of carbonyl (C=O) groups is 1. The molecule has 1 heterocycles. The number of amides is 1. The molecule has 1 aromatic rings. The molecule has 116 valence electrons.